The SMILES string of the molecule is Cc1nccc(C2CCCN2C(=O)c2ccc(S(=O)(=O)Nc3nccs3)cc2)n1. The molecule has 8 nitrogen and oxygen atoms in total. The number of nitrogens with one attached hydrogen (secondary N) is 1. The molecule has 0 bridgehead atoms. The van der Waals surface area contributed by atoms with Crippen LogP contribution in [-0.2, 0) is 10.0 Å². The minimum atomic E-state index is -3.75. The topological polar surface area (TPSA) is 105 Å². The van der Waals surface area contributed by atoms with Crippen LogP contribution >= 0.6 is 11.3 Å². The van der Waals surface area contributed by atoms with Crippen molar-refractivity contribution in [1.82, 2.24) is 19.9 Å². The molecule has 0 saturated carbocycles. The molecule has 0 radical (unpaired) electrons. The first-order valence-electron chi connectivity index (χ1n) is 9.07. The third-order valence-corrected chi connectivity index (χ3v) is 6.89. The van der Waals surface area contributed by atoms with Gasteiger partial charge in [-0.15, -0.1) is 11.3 Å². The third-order valence-electron chi connectivity index (χ3n) is 4.72. The molecule has 1 aliphatic heterocycles. The average Bonchev–Trinajstić information content (AvgIpc) is 3.39. The second-order valence-electron chi connectivity index (χ2n) is 6.65. The van der Waals surface area contributed by atoms with Gasteiger partial charge in [-0.3, -0.25) is 9.52 Å². The summed E-state index contributed by atoms with van der Waals surface area (Å²) in [6, 6.07) is 7.69. The van der Waals surface area contributed by atoms with Gasteiger partial charge in [-0.05, 0) is 50.1 Å². The second-order valence-corrected chi connectivity index (χ2v) is 9.23. The summed E-state index contributed by atoms with van der Waals surface area (Å²) in [7, 11) is -3.75. The lowest BCUT2D eigenvalue weighted by molar-refractivity contribution is 0.0732. The lowest BCUT2D eigenvalue weighted by Gasteiger charge is -2.24. The quantitative estimate of drug-likeness (QED) is 0.668. The minimum absolute atomic E-state index is 0.0775. The van der Waals surface area contributed by atoms with E-state index in [0.717, 1.165) is 18.5 Å². The summed E-state index contributed by atoms with van der Waals surface area (Å²) in [5.74, 6) is 0.532. The van der Waals surface area contributed by atoms with Crippen LogP contribution in [0, 0.1) is 6.92 Å². The summed E-state index contributed by atoms with van der Waals surface area (Å²) >= 11 is 1.20. The largest absolute Gasteiger partial charge is 0.330 e. The van der Waals surface area contributed by atoms with E-state index in [1.165, 1.54) is 29.7 Å². The summed E-state index contributed by atoms with van der Waals surface area (Å²) in [5.41, 5.74) is 1.27. The molecule has 1 aliphatic rings. The van der Waals surface area contributed by atoms with Crippen LogP contribution in [0.5, 0.6) is 0 Å². The predicted molar refractivity (Wildman–Crippen MR) is 109 cm³/mol. The van der Waals surface area contributed by atoms with Crippen molar-refractivity contribution in [1.29, 1.82) is 0 Å². The van der Waals surface area contributed by atoms with Crippen molar-refractivity contribution in [3.8, 4) is 0 Å². The molecule has 1 atom stereocenters. The molecule has 29 heavy (non-hydrogen) atoms. The molecule has 10 heteroatoms. The van der Waals surface area contributed by atoms with Gasteiger partial charge >= 0.3 is 0 Å². The van der Waals surface area contributed by atoms with E-state index in [1.54, 1.807) is 28.6 Å². The van der Waals surface area contributed by atoms with Gasteiger partial charge in [-0.1, -0.05) is 0 Å². The first-order chi connectivity index (χ1) is 13.9. The van der Waals surface area contributed by atoms with Gasteiger partial charge < -0.3 is 4.90 Å². The standard InChI is InChI=1S/C19H19N5O3S2/c1-13-20-9-8-16(22-13)17-3-2-11-24(17)18(25)14-4-6-15(7-5-14)29(26,27)23-19-21-10-12-28-19/h4-10,12,17H,2-3,11H2,1H3,(H,21,23). The Morgan fingerprint density at radius 2 is 1.97 bits per heavy atom. The van der Waals surface area contributed by atoms with E-state index in [4.69, 9.17) is 0 Å². The monoisotopic (exact) mass is 429 g/mol. The van der Waals surface area contributed by atoms with E-state index in [2.05, 4.69) is 19.7 Å². The Morgan fingerprint density at radius 3 is 2.66 bits per heavy atom. The molecule has 2 aromatic heterocycles. The molecule has 0 aliphatic carbocycles. The maximum atomic E-state index is 13.0. The lowest BCUT2D eigenvalue weighted by Crippen LogP contribution is -2.31. The number of likely N-dealkylation sites (tertiary alicyclic amines) is 1. The Labute approximate surface area is 172 Å². The summed E-state index contributed by atoms with van der Waals surface area (Å²) in [6.45, 7) is 2.46. The molecular formula is C19H19N5O3S2. The number of benzene rings is 1. The van der Waals surface area contributed by atoms with Crippen LogP contribution in [-0.4, -0.2) is 40.7 Å². The van der Waals surface area contributed by atoms with Crippen molar-refractivity contribution < 1.29 is 13.2 Å². The van der Waals surface area contributed by atoms with Gasteiger partial charge in [0.25, 0.3) is 15.9 Å². The highest BCUT2D eigenvalue weighted by Gasteiger charge is 2.31. The van der Waals surface area contributed by atoms with Crippen molar-refractivity contribution in [3.63, 3.8) is 0 Å². The fraction of sp³-hybridized carbons (Fsp3) is 0.263. The van der Waals surface area contributed by atoms with E-state index < -0.39 is 10.0 Å². The molecule has 150 valence electrons. The Kier molecular flexibility index (Phi) is 5.29. The zero-order valence-electron chi connectivity index (χ0n) is 15.6. The van der Waals surface area contributed by atoms with Crippen LogP contribution in [0.2, 0.25) is 0 Å². The minimum Gasteiger partial charge on any atom is -0.330 e. The summed E-state index contributed by atoms with van der Waals surface area (Å²) in [5, 5.41) is 1.98. The van der Waals surface area contributed by atoms with Crippen LogP contribution < -0.4 is 4.72 Å². The van der Waals surface area contributed by atoms with Crippen molar-refractivity contribution in [3.05, 3.63) is 65.2 Å². The molecule has 1 amide bonds. The van der Waals surface area contributed by atoms with Gasteiger partial charge in [0.05, 0.1) is 16.6 Å². The number of hydrogen-bond donors (Lipinski definition) is 1. The number of nitrogens with zero attached hydrogens (tertiary/aromatic N) is 4. The van der Waals surface area contributed by atoms with E-state index in [-0.39, 0.29) is 16.8 Å². The first-order valence-corrected chi connectivity index (χ1v) is 11.4. The van der Waals surface area contributed by atoms with Gasteiger partial charge in [0.2, 0.25) is 0 Å². The lowest BCUT2D eigenvalue weighted by atomic mass is 10.1. The van der Waals surface area contributed by atoms with Crippen molar-refractivity contribution in [2.24, 2.45) is 0 Å². The van der Waals surface area contributed by atoms with Crippen molar-refractivity contribution in [2.45, 2.75) is 30.7 Å². The van der Waals surface area contributed by atoms with E-state index in [9.17, 15) is 13.2 Å². The van der Waals surface area contributed by atoms with Crippen LogP contribution in [0.3, 0.4) is 0 Å². The van der Waals surface area contributed by atoms with Gasteiger partial charge in [0.1, 0.15) is 5.82 Å². The molecule has 3 heterocycles. The number of rotatable bonds is 5. The Morgan fingerprint density at radius 1 is 1.17 bits per heavy atom. The van der Waals surface area contributed by atoms with Crippen LogP contribution in [0.4, 0.5) is 5.13 Å². The highest BCUT2D eigenvalue weighted by molar-refractivity contribution is 7.93. The van der Waals surface area contributed by atoms with E-state index >= 15 is 0 Å². The van der Waals surface area contributed by atoms with Gasteiger partial charge in [-0.2, -0.15) is 0 Å². The molecule has 1 unspecified atom stereocenters. The van der Waals surface area contributed by atoms with Crippen LogP contribution in [0.25, 0.3) is 0 Å². The molecule has 1 fully saturated rings. The molecule has 4 rings (SSSR count). The molecule has 3 aromatic rings. The van der Waals surface area contributed by atoms with E-state index in [0.29, 0.717) is 23.1 Å². The number of carbonyl (C=O) groups excluding carboxylic acids is 1. The maximum Gasteiger partial charge on any atom is 0.263 e. The zero-order chi connectivity index (χ0) is 20.4. The first kappa shape index (κ1) is 19.5. The number of sulfonamides is 1. The van der Waals surface area contributed by atoms with Gasteiger partial charge in [0.15, 0.2) is 5.13 Å². The molecular weight excluding hydrogens is 410 g/mol. The van der Waals surface area contributed by atoms with Crippen LogP contribution in [0.1, 0.15) is 40.8 Å². The van der Waals surface area contributed by atoms with E-state index in [1.807, 2.05) is 13.0 Å². The Bertz CT molecular complexity index is 1120. The number of carbonyl (C=O) groups is 1. The molecule has 1 N–H and O–H groups in total. The average molecular weight is 430 g/mol. The van der Waals surface area contributed by atoms with Gasteiger partial charge in [0, 0.05) is 29.9 Å². The number of anilines is 1. The predicted octanol–water partition coefficient (Wildman–Crippen LogP) is 3.02. The number of aryl methyl sites for hydroxylation is 1. The zero-order valence-corrected chi connectivity index (χ0v) is 17.3. The highest BCUT2D eigenvalue weighted by atomic mass is 32.2. The smallest absolute Gasteiger partial charge is 0.263 e. The highest BCUT2D eigenvalue weighted by Crippen LogP contribution is 2.32. The molecule has 0 spiro atoms. The van der Waals surface area contributed by atoms with Crippen molar-refractivity contribution >= 4 is 32.4 Å². The summed E-state index contributed by atoms with van der Waals surface area (Å²) in [4.78, 5) is 27.4. The summed E-state index contributed by atoms with van der Waals surface area (Å²) < 4.78 is 27.3. The normalized spacial score (nSPS) is 16.7. The Balaban J connectivity index is 1.53. The van der Waals surface area contributed by atoms with Crippen molar-refractivity contribution in [2.75, 3.05) is 11.3 Å². The molecule has 1 saturated heterocycles. The Hall–Kier alpha value is -2.85. The maximum absolute atomic E-state index is 13.0. The number of aromatic nitrogens is 3. The molecule has 1 aromatic carbocycles. The number of amides is 1. The third kappa shape index (κ3) is 4.13. The second kappa shape index (κ2) is 7.88. The number of thiazole rings is 1. The fourth-order valence-electron chi connectivity index (χ4n) is 3.37. The fourth-order valence-corrected chi connectivity index (χ4v) is 5.16. The van der Waals surface area contributed by atoms with Crippen LogP contribution in [0.15, 0.2) is 53.0 Å². The van der Waals surface area contributed by atoms with Gasteiger partial charge in [-0.25, -0.2) is 23.4 Å². The summed E-state index contributed by atoms with van der Waals surface area (Å²) in [6.07, 6.45) is 4.96. The number of hydrogen-bond acceptors (Lipinski definition) is 7.